The highest BCUT2D eigenvalue weighted by Crippen LogP contribution is 2.33. The zero-order chi connectivity index (χ0) is 14.1. The molecule has 3 nitrogen and oxygen atoms in total. The lowest BCUT2D eigenvalue weighted by Crippen LogP contribution is -1.94. The first-order chi connectivity index (χ1) is 9.66. The zero-order valence-corrected chi connectivity index (χ0v) is 10.9. The number of nitrogen functional groups attached to an aromatic ring is 1. The standard InChI is InChI=1S/C16H13FN2O/c1-10-3-2-4-15(16(10)17)20-14-6-5-13(18)12-9-19-8-7-11(12)14/h2-9H,18H2,1H3. The second-order valence-electron chi connectivity index (χ2n) is 4.56. The summed E-state index contributed by atoms with van der Waals surface area (Å²) in [6.45, 7) is 1.70. The molecule has 2 N–H and O–H groups in total. The topological polar surface area (TPSA) is 48.1 Å². The molecule has 0 fully saturated rings. The average Bonchev–Trinajstić information content (AvgIpc) is 2.47. The van der Waals surface area contributed by atoms with Crippen LogP contribution in [0.2, 0.25) is 0 Å². The first kappa shape index (κ1) is 12.4. The van der Waals surface area contributed by atoms with Gasteiger partial charge in [-0.3, -0.25) is 4.98 Å². The summed E-state index contributed by atoms with van der Waals surface area (Å²) < 4.78 is 19.7. The van der Waals surface area contributed by atoms with Gasteiger partial charge in [0.05, 0.1) is 0 Å². The largest absolute Gasteiger partial charge is 0.454 e. The van der Waals surface area contributed by atoms with Crippen molar-refractivity contribution in [3.05, 3.63) is 60.2 Å². The monoisotopic (exact) mass is 268 g/mol. The first-order valence-electron chi connectivity index (χ1n) is 6.22. The number of aryl methyl sites for hydroxylation is 1. The molecule has 0 aliphatic rings. The Morgan fingerprint density at radius 1 is 1.05 bits per heavy atom. The number of benzene rings is 2. The number of hydrogen-bond donors (Lipinski definition) is 1. The van der Waals surface area contributed by atoms with E-state index in [1.165, 1.54) is 0 Å². The lowest BCUT2D eigenvalue weighted by molar-refractivity contribution is 0.444. The molecule has 3 aromatic rings. The number of halogens is 1. The molecule has 4 heteroatoms. The third kappa shape index (κ3) is 2.05. The Labute approximate surface area is 115 Å². The quantitative estimate of drug-likeness (QED) is 0.713. The second kappa shape index (κ2) is 4.81. The molecule has 0 saturated carbocycles. The predicted molar refractivity (Wildman–Crippen MR) is 77.4 cm³/mol. The van der Waals surface area contributed by atoms with E-state index >= 15 is 0 Å². The van der Waals surface area contributed by atoms with Gasteiger partial charge in [0.2, 0.25) is 0 Å². The molecule has 2 aromatic carbocycles. The SMILES string of the molecule is Cc1cccc(Oc2ccc(N)c3cnccc23)c1F. The van der Waals surface area contributed by atoms with Gasteiger partial charge >= 0.3 is 0 Å². The maximum Gasteiger partial charge on any atom is 0.168 e. The number of anilines is 1. The fourth-order valence-electron chi connectivity index (χ4n) is 2.09. The van der Waals surface area contributed by atoms with Gasteiger partial charge in [0.1, 0.15) is 5.75 Å². The lowest BCUT2D eigenvalue weighted by atomic mass is 10.1. The number of pyridine rings is 1. The van der Waals surface area contributed by atoms with Gasteiger partial charge < -0.3 is 10.5 Å². The zero-order valence-electron chi connectivity index (χ0n) is 10.9. The van der Waals surface area contributed by atoms with Crippen LogP contribution in [0.15, 0.2) is 48.8 Å². The van der Waals surface area contributed by atoms with Gasteiger partial charge in [-0.1, -0.05) is 12.1 Å². The summed E-state index contributed by atoms with van der Waals surface area (Å²) >= 11 is 0. The van der Waals surface area contributed by atoms with Crippen molar-refractivity contribution in [3.8, 4) is 11.5 Å². The van der Waals surface area contributed by atoms with Crippen LogP contribution in [-0.2, 0) is 0 Å². The molecular formula is C16H13FN2O. The van der Waals surface area contributed by atoms with Gasteiger partial charge in [-0.2, -0.15) is 0 Å². The molecule has 0 amide bonds. The van der Waals surface area contributed by atoms with Gasteiger partial charge in [-0.15, -0.1) is 0 Å². The fourth-order valence-corrected chi connectivity index (χ4v) is 2.09. The number of ether oxygens (including phenoxy) is 1. The summed E-state index contributed by atoms with van der Waals surface area (Å²) in [5.41, 5.74) is 7.06. The van der Waals surface area contributed by atoms with Crippen molar-refractivity contribution in [2.45, 2.75) is 6.92 Å². The van der Waals surface area contributed by atoms with Crippen LogP contribution in [0.4, 0.5) is 10.1 Å². The number of nitrogens with zero attached hydrogens (tertiary/aromatic N) is 1. The first-order valence-corrected chi connectivity index (χ1v) is 6.22. The van der Waals surface area contributed by atoms with E-state index < -0.39 is 0 Å². The van der Waals surface area contributed by atoms with Gasteiger partial charge in [-0.05, 0) is 36.8 Å². The molecule has 1 heterocycles. The highest BCUT2D eigenvalue weighted by molar-refractivity contribution is 5.96. The number of hydrogen-bond acceptors (Lipinski definition) is 3. The van der Waals surface area contributed by atoms with E-state index in [4.69, 9.17) is 10.5 Å². The minimum atomic E-state index is -0.355. The number of rotatable bonds is 2. The minimum absolute atomic E-state index is 0.202. The maximum absolute atomic E-state index is 14.0. The molecular weight excluding hydrogens is 255 g/mol. The van der Waals surface area contributed by atoms with Crippen molar-refractivity contribution in [1.82, 2.24) is 4.98 Å². The van der Waals surface area contributed by atoms with Gasteiger partial charge in [0.25, 0.3) is 0 Å². The molecule has 0 saturated heterocycles. The van der Waals surface area contributed by atoms with E-state index in [-0.39, 0.29) is 11.6 Å². The van der Waals surface area contributed by atoms with Gasteiger partial charge in [0, 0.05) is 28.9 Å². The van der Waals surface area contributed by atoms with Crippen LogP contribution in [0.3, 0.4) is 0 Å². The molecule has 0 radical (unpaired) electrons. The summed E-state index contributed by atoms with van der Waals surface area (Å²) in [6, 6.07) is 10.3. The van der Waals surface area contributed by atoms with Crippen molar-refractivity contribution >= 4 is 16.5 Å². The van der Waals surface area contributed by atoms with Gasteiger partial charge in [0.15, 0.2) is 11.6 Å². The Kier molecular flexibility index (Phi) is 2.99. The number of aromatic nitrogens is 1. The van der Waals surface area contributed by atoms with Crippen molar-refractivity contribution in [1.29, 1.82) is 0 Å². The third-order valence-corrected chi connectivity index (χ3v) is 3.19. The summed E-state index contributed by atoms with van der Waals surface area (Å²) in [6.07, 6.45) is 3.32. The molecule has 0 aliphatic carbocycles. The molecule has 0 atom stereocenters. The van der Waals surface area contributed by atoms with Crippen molar-refractivity contribution in [2.24, 2.45) is 0 Å². The van der Waals surface area contributed by atoms with Gasteiger partial charge in [-0.25, -0.2) is 4.39 Å². The fraction of sp³-hybridized carbons (Fsp3) is 0.0625. The van der Waals surface area contributed by atoms with Crippen LogP contribution in [0.5, 0.6) is 11.5 Å². The van der Waals surface area contributed by atoms with Crippen molar-refractivity contribution in [2.75, 3.05) is 5.73 Å². The Hall–Kier alpha value is -2.62. The second-order valence-corrected chi connectivity index (χ2v) is 4.56. The van der Waals surface area contributed by atoms with Crippen LogP contribution in [-0.4, -0.2) is 4.98 Å². The van der Waals surface area contributed by atoms with E-state index in [9.17, 15) is 4.39 Å². The third-order valence-electron chi connectivity index (χ3n) is 3.19. The highest BCUT2D eigenvalue weighted by Gasteiger charge is 2.10. The summed E-state index contributed by atoms with van der Waals surface area (Å²) in [7, 11) is 0. The van der Waals surface area contributed by atoms with E-state index in [2.05, 4.69) is 4.98 Å². The van der Waals surface area contributed by atoms with Crippen LogP contribution >= 0.6 is 0 Å². The van der Waals surface area contributed by atoms with E-state index in [1.54, 1.807) is 55.7 Å². The maximum atomic E-state index is 14.0. The van der Waals surface area contributed by atoms with E-state index in [1.807, 2.05) is 0 Å². The Bertz CT molecular complexity index is 787. The van der Waals surface area contributed by atoms with Crippen LogP contribution in [0, 0.1) is 12.7 Å². The summed E-state index contributed by atoms with van der Waals surface area (Å²) in [5.74, 6) is 0.403. The molecule has 0 bridgehead atoms. The van der Waals surface area contributed by atoms with Crippen molar-refractivity contribution in [3.63, 3.8) is 0 Å². The summed E-state index contributed by atoms with van der Waals surface area (Å²) in [5, 5.41) is 1.60. The van der Waals surface area contributed by atoms with Crippen LogP contribution in [0.1, 0.15) is 5.56 Å². The van der Waals surface area contributed by atoms with Crippen LogP contribution < -0.4 is 10.5 Å². The Balaban J connectivity index is 2.12. The van der Waals surface area contributed by atoms with E-state index in [0.717, 1.165) is 10.8 Å². The molecule has 100 valence electrons. The predicted octanol–water partition coefficient (Wildman–Crippen LogP) is 4.06. The van der Waals surface area contributed by atoms with Crippen LogP contribution in [0.25, 0.3) is 10.8 Å². The number of fused-ring (bicyclic) bond motifs is 1. The lowest BCUT2D eigenvalue weighted by Gasteiger charge is -2.11. The molecule has 0 unspecified atom stereocenters. The number of nitrogens with two attached hydrogens (primary N) is 1. The summed E-state index contributed by atoms with van der Waals surface area (Å²) in [4.78, 5) is 4.04. The molecule has 20 heavy (non-hydrogen) atoms. The Morgan fingerprint density at radius 3 is 2.75 bits per heavy atom. The normalized spacial score (nSPS) is 10.7. The van der Waals surface area contributed by atoms with Crippen molar-refractivity contribution < 1.29 is 9.13 Å². The highest BCUT2D eigenvalue weighted by atomic mass is 19.1. The molecule has 0 aliphatic heterocycles. The minimum Gasteiger partial charge on any atom is -0.454 e. The average molecular weight is 268 g/mol. The Morgan fingerprint density at radius 2 is 1.90 bits per heavy atom. The molecule has 3 rings (SSSR count). The molecule has 0 spiro atoms. The molecule has 1 aromatic heterocycles. The van der Waals surface area contributed by atoms with E-state index in [0.29, 0.717) is 17.0 Å². The smallest absolute Gasteiger partial charge is 0.168 e.